The summed E-state index contributed by atoms with van der Waals surface area (Å²) in [5, 5.41) is 4.25. The molecule has 0 bridgehead atoms. The molecular formula is C17H19BrN2O. The Hall–Kier alpha value is -1.68. The number of aromatic nitrogens is 1. The van der Waals surface area contributed by atoms with E-state index in [2.05, 4.69) is 57.3 Å². The number of pyridine rings is 1. The van der Waals surface area contributed by atoms with Crippen molar-refractivity contribution in [2.45, 2.75) is 32.8 Å². The van der Waals surface area contributed by atoms with E-state index >= 15 is 0 Å². The molecule has 0 N–H and O–H groups in total. The number of halogens is 1. The summed E-state index contributed by atoms with van der Waals surface area (Å²) in [6.07, 6.45) is 6.36. The van der Waals surface area contributed by atoms with Crippen LogP contribution in [0.25, 0.3) is 0 Å². The molecule has 0 unspecified atom stereocenters. The molecule has 1 heterocycles. The van der Waals surface area contributed by atoms with E-state index < -0.39 is 0 Å². The highest BCUT2D eigenvalue weighted by molar-refractivity contribution is 9.10. The molecule has 0 atom stereocenters. The lowest BCUT2D eigenvalue weighted by atomic mass is 10.1. The minimum atomic E-state index is 0.468. The molecule has 4 heteroatoms. The van der Waals surface area contributed by atoms with Gasteiger partial charge in [-0.1, -0.05) is 46.2 Å². The van der Waals surface area contributed by atoms with Crippen LogP contribution in [0.1, 0.15) is 30.9 Å². The Morgan fingerprint density at radius 2 is 2.00 bits per heavy atom. The maximum atomic E-state index is 5.42. The molecule has 0 spiro atoms. The van der Waals surface area contributed by atoms with Crippen LogP contribution < -0.4 is 0 Å². The molecule has 0 saturated carbocycles. The third-order valence-corrected chi connectivity index (χ3v) is 3.70. The molecule has 1 aromatic heterocycles. The van der Waals surface area contributed by atoms with E-state index in [1.54, 1.807) is 12.4 Å². The number of hydrogen-bond donors (Lipinski definition) is 0. The maximum absolute atomic E-state index is 5.42. The third-order valence-electron chi connectivity index (χ3n) is 3.17. The van der Waals surface area contributed by atoms with Crippen LogP contribution in [-0.2, 0) is 17.9 Å². The number of hydrogen-bond acceptors (Lipinski definition) is 3. The van der Waals surface area contributed by atoms with Crippen molar-refractivity contribution >= 4 is 21.6 Å². The molecule has 1 aromatic carbocycles. The second-order valence-electron chi connectivity index (χ2n) is 4.77. The van der Waals surface area contributed by atoms with Crippen molar-refractivity contribution in [3.63, 3.8) is 0 Å². The average molecular weight is 347 g/mol. The fourth-order valence-corrected chi connectivity index (χ4v) is 2.17. The second kappa shape index (κ2) is 8.57. The van der Waals surface area contributed by atoms with Gasteiger partial charge in [-0.2, -0.15) is 0 Å². The van der Waals surface area contributed by atoms with Crippen LogP contribution in [-0.4, -0.2) is 10.7 Å². The number of oxime groups is 1. The number of nitrogens with zero attached hydrogens (tertiary/aromatic N) is 2. The number of aryl methyl sites for hydroxylation is 1. The summed E-state index contributed by atoms with van der Waals surface area (Å²) in [6, 6.07) is 12.3. The lowest BCUT2D eigenvalue weighted by molar-refractivity contribution is 0.129. The molecule has 0 amide bonds. The predicted octanol–water partition coefficient (Wildman–Crippen LogP) is 4.76. The molecule has 2 aromatic rings. The lowest BCUT2D eigenvalue weighted by Crippen LogP contribution is -2.01. The Labute approximate surface area is 134 Å². The first-order valence-corrected chi connectivity index (χ1v) is 7.88. The van der Waals surface area contributed by atoms with E-state index in [9.17, 15) is 0 Å². The Balaban J connectivity index is 1.81. The molecule has 0 aliphatic carbocycles. The summed E-state index contributed by atoms with van der Waals surface area (Å²) < 4.78 is 1.11. The van der Waals surface area contributed by atoms with Crippen LogP contribution in [0.3, 0.4) is 0 Å². The summed E-state index contributed by atoms with van der Waals surface area (Å²) in [5.41, 5.74) is 3.43. The van der Waals surface area contributed by atoms with Gasteiger partial charge in [-0.05, 0) is 43.0 Å². The van der Waals surface area contributed by atoms with E-state index in [1.165, 1.54) is 5.56 Å². The maximum Gasteiger partial charge on any atom is 0.143 e. The van der Waals surface area contributed by atoms with Gasteiger partial charge in [0.05, 0.1) is 5.71 Å². The van der Waals surface area contributed by atoms with Crippen molar-refractivity contribution in [1.82, 2.24) is 4.98 Å². The van der Waals surface area contributed by atoms with Crippen molar-refractivity contribution in [2.24, 2.45) is 5.16 Å². The van der Waals surface area contributed by atoms with Gasteiger partial charge in [0.25, 0.3) is 0 Å². The molecule has 0 aliphatic heterocycles. The topological polar surface area (TPSA) is 34.5 Å². The van der Waals surface area contributed by atoms with Gasteiger partial charge in [-0.15, -0.1) is 0 Å². The average Bonchev–Trinajstić information content (AvgIpc) is 2.53. The minimum absolute atomic E-state index is 0.468. The quantitative estimate of drug-likeness (QED) is 0.535. The summed E-state index contributed by atoms with van der Waals surface area (Å²) in [4.78, 5) is 9.47. The molecule has 2 rings (SSSR count). The van der Waals surface area contributed by atoms with E-state index in [0.717, 1.165) is 35.0 Å². The standard InChI is InChI=1S/C17H19BrN2O/c1-2-17(10-7-14-5-8-16(18)9-6-14)20-21-13-15-4-3-11-19-12-15/h3-6,8-9,11-12H,2,7,10,13H2,1H3/b20-17+. The van der Waals surface area contributed by atoms with Gasteiger partial charge < -0.3 is 4.84 Å². The van der Waals surface area contributed by atoms with Crippen molar-refractivity contribution in [3.8, 4) is 0 Å². The Morgan fingerprint density at radius 1 is 1.19 bits per heavy atom. The van der Waals surface area contributed by atoms with E-state index in [1.807, 2.05) is 12.1 Å². The number of rotatable bonds is 7. The zero-order valence-corrected chi connectivity index (χ0v) is 13.7. The predicted molar refractivity (Wildman–Crippen MR) is 89.2 cm³/mol. The van der Waals surface area contributed by atoms with Crippen molar-refractivity contribution in [2.75, 3.05) is 0 Å². The Bertz CT molecular complexity index is 567. The van der Waals surface area contributed by atoms with Gasteiger partial charge in [0.15, 0.2) is 0 Å². The van der Waals surface area contributed by atoms with Gasteiger partial charge in [0, 0.05) is 22.4 Å². The first-order valence-electron chi connectivity index (χ1n) is 7.09. The van der Waals surface area contributed by atoms with Gasteiger partial charge in [-0.25, -0.2) is 0 Å². The van der Waals surface area contributed by atoms with Gasteiger partial charge in [0.2, 0.25) is 0 Å². The van der Waals surface area contributed by atoms with Crippen LogP contribution >= 0.6 is 15.9 Å². The van der Waals surface area contributed by atoms with Crippen molar-refractivity contribution in [1.29, 1.82) is 0 Å². The molecule has 21 heavy (non-hydrogen) atoms. The van der Waals surface area contributed by atoms with Crippen molar-refractivity contribution in [3.05, 3.63) is 64.4 Å². The highest BCUT2D eigenvalue weighted by Gasteiger charge is 2.00. The zero-order valence-electron chi connectivity index (χ0n) is 12.1. The van der Waals surface area contributed by atoms with Crippen LogP contribution in [0.2, 0.25) is 0 Å². The molecule has 110 valence electrons. The molecule has 0 fully saturated rings. The van der Waals surface area contributed by atoms with E-state index in [-0.39, 0.29) is 0 Å². The van der Waals surface area contributed by atoms with Crippen LogP contribution in [0.15, 0.2) is 58.4 Å². The van der Waals surface area contributed by atoms with Crippen molar-refractivity contribution < 1.29 is 4.84 Å². The van der Waals surface area contributed by atoms with Gasteiger partial charge in [0.1, 0.15) is 6.61 Å². The summed E-state index contributed by atoms with van der Waals surface area (Å²) >= 11 is 3.45. The largest absolute Gasteiger partial charge is 0.391 e. The Kier molecular flexibility index (Phi) is 6.41. The molecule has 0 saturated heterocycles. The molecular weight excluding hydrogens is 328 g/mol. The molecule has 3 nitrogen and oxygen atoms in total. The monoisotopic (exact) mass is 346 g/mol. The summed E-state index contributed by atoms with van der Waals surface area (Å²) in [7, 11) is 0. The normalized spacial score (nSPS) is 11.4. The lowest BCUT2D eigenvalue weighted by Gasteiger charge is -2.05. The van der Waals surface area contributed by atoms with Crippen LogP contribution in [0, 0.1) is 0 Å². The number of benzene rings is 1. The highest BCUT2D eigenvalue weighted by atomic mass is 79.9. The SMILES string of the molecule is CC/C(CCc1ccc(Br)cc1)=N\OCc1cccnc1. The first kappa shape index (κ1) is 15.7. The van der Waals surface area contributed by atoms with E-state index in [0.29, 0.717) is 6.61 Å². The smallest absolute Gasteiger partial charge is 0.143 e. The minimum Gasteiger partial charge on any atom is -0.391 e. The second-order valence-corrected chi connectivity index (χ2v) is 5.69. The van der Waals surface area contributed by atoms with Gasteiger partial charge >= 0.3 is 0 Å². The molecule has 0 radical (unpaired) electrons. The fraction of sp³-hybridized carbons (Fsp3) is 0.294. The molecule has 0 aliphatic rings. The first-order chi connectivity index (χ1) is 10.3. The summed E-state index contributed by atoms with van der Waals surface area (Å²) in [6.45, 7) is 2.57. The van der Waals surface area contributed by atoms with E-state index in [4.69, 9.17) is 4.84 Å². The van der Waals surface area contributed by atoms with Crippen LogP contribution in [0.5, 0.6) is 0 Å². The van der Waals surface area contributed by atoms with Gasteiger partial charge in [-0.3, -0.25) is 4.98 Å². The fourth-order valence-electron chi connectivity index (χ4n) is 1.91. The third kappa shape index (κ3) is 5.68. The summed E-state index contributed by atoms with van der Waals surface area (Å²) in [5.74, 6) is 0. The van der Waals surface area contributed by atoms with Crippen LogP contribution in [0.4, 0.5) is 0 Å². The highest BCUT2D eigenvalue weighted by Crippen LogP contribution is 2.12. The zero-order chi connectivity index (χ0) is 14.9. The Morgan fingerprint density at radius 3 is 2.67 bits per heavy atom.